The zero-order valence-corrected chi connectivity index (χ0v) is 82.9. The first-order valence-electron chi connectivity index (χ1n) is 45.7. The molecule has 1 fully saturated rings. The van der Waals surface area contributed by atoms with Crippen molar-refractivity contribution in [3.63, 3.8) is 0 Å². The lowest BCUT2D eigenvalue weighted by Gasteiger charge is -2.41. The molecule has 148 heavy (non-hydrogen) atoms. The Morgan fingerprint density at radius 1 is 0.446 bits per heavy atom. The van der Waals surface area contributed by atoms with Crippen LogP contribution in [0.15, 0.2) is 254 Å². The smallest absolute Gasteiger partial charge is 0.369 e. The first-order chi connectivity index (χ1) is 69.3. The lowest BCUT2D eigenvalue weighted by atomic mass is 9.73. The predicted octanol–water partition coefficient (Wildman–Crippen LogP) is 18.9. The molecular weight excluding hydrogens is 1980 g/mol. The number of fused-ring (bicyclic) bond motifs is 1. The highest BCUT2D eigenvalue weighted by Gasteiger charge is 2.55. The number of alkyl halides is 12. The van der Waals surface area contributed by atoms with E-state index in [2.05, 4.69) is 60.3 Å². The van der Waals surface area contributed by atoms with Crippen LogP contribution in [0.3, 0.4) is 0 Å². The summed E-state index contributed by atoms with van der Waals surface area (Å²) in [6.45, 7) is 10.5. The van der Waals surface area contributed by atoms with Crippen LogP contribution in [0.2, 0.25) is 0 Å². The number of amides is 8. The van der Waals surface area contributed by atoms with Gasteiger partial charge in [-0.15, -0.1) is 22.7 Å². The Balaban J connectivity index is 0.000000155. The van der Waals surface area contributed by atoms with Crippen LogP contribution in [-0.4, -0.2) is 148 Å². The Hall–Kier alpha value is -15.9. The van der Waals surface area contributed by atoms with Crippen molar-refractivity contribution in [1.82, 2.24) is 29.4 Å². The Morgan fingerprint density at radius 2 is 0.892 bits per heavy atom. The number of hydrogen-bond acceptors (Lipinski definition) is 21. The number of likely N-dealkylation sites (N-methyl/N-ethyl adjacent to an activating group) is 4. The summed E-state index contributed by atoms with van der Waals surface area (Å²) in [5.74, 6) is -16.5. The highest BCUT2D eigenvalue weighted by atomic mass is 32.1. The molecule has 2 aromatic heterocycles. The summed E-state index contributed by atoms with van der Waals surface area (Å²) in [5.41, 5.74) is 24.2. The molecule has 8 atom stereocenters. The number of nitrogens with one attached hydrogen (secondary N) is 2. The second kappa shape index (κ2) is 42.3. The molecule has 6 aliphatic heterocycles. The van der Waals surface area contributed by atoms with E-state index in [0.29, 0.717) is 127 Å². The summed E-state index contributed by atoms with van der Waals surface area (Å²) in [4.78, 5) is 120. The summed E-state index contributed by atoms with van der Waals surface area (Å²) in [6.07, 6.45) is -6.94. The Labute approximate surface area is 848 Å². The van der Waals surface area contributed by atoms with Gasteiger partial charge in [0.05, 0.1) is 52.5 Å². The summed E-state index contributed by atoms with van der Waals surface area (Å²) in [7, 11) is 5.73. The third-order valence-corrected chi connectivity index (χ3v) is 28.2. The zero-order chi connectivity index (χ0) is 108. The number of aliphatic imine (C=N–C) groups is 5. The molecule has 0 saturated carbocycles. The number of likely N-dealkylation sites (tertiary alicyclic amines) is 1. The maximum atomic E-state index is 14.7. The van der Waals surface area contributed by atoms with E-state index in [1.165, 1.54) is 109 Å². The molecular formula is C105H100F14N20O7S2. The molecule has 772 valence electrons. The number of halogens is 14. The number of hydrogen-bond donors (Lipinski definition) is 7. The Bertz CT molecular complexity index is 7030. The second-order valence-electron chi connectivity index (χ2n) is 36.8. The number of anilines is 2. The van der Waals surface area contributed by atoms with Crippen molar-refractivity contribution in [2.24, 2.45) is 53.6 Å². The summed E-state index contributed by atoms with van der Waals surface area (Å²) >= 11 is 2.95. The van der Waals surface area contributed by atoms with Crippen molar-refractivity contribution in [2.75, 3.05) is 58.5 Å². The number of carbonyl (C=O) groups is 7. The molecule has 1 unspecified atom stereocenters. The van der Waals surface area contributed by atoms with Crippen LogP contribution < -0.4 is 39.3 Å². The van der Waals surface area contributed by atoms with E-state index in [9.17, 15) is 95.0 Å². The minimum atomic E-state index is -4.76. The van der Waals surface area contributed by atoms with Gasteiger partial charge >= 0.3 is 18.4 Å². The quantitative estimate of drug-likeness (QED) is 0.0393. The number of nitrogens with zero attached hydrogens (tertiary/aromatic N) is 13. The van der Waals surface area contributed by atoms with Gasteiger partial charge < -0.3 is 44.2 Å². The van der Waals surface area contributed by atoms with E-state index in [0.717, 1.165) is 64.9 Å². The van der Waals surface area contributed by atoms with Crippen LogP contribution in [0.4, 0.5) is 77.6 Å². The largest absolute Gasteiger partial charge is 0.416 e. The van der Waals surface area contributed by atoms with Gasteiger partial charge in [-0.2, -0.15) is 36.9 Å². The van der Waals surface area contributed by atoms with Gasteiger partial charge in [-0.3, -0.25) is 53.3 Å². The van der Waals surface area contributed by atoms with Crippen LogP contribution in [0, 0.1) is 34.3 Å². The second-order valence-corrected chi connectivity index (χ2v) is 38.7. The van der Waals surface area contributed by atoms with Gasteiger partial charge in [0.25, 0.3) is 23.7 Å². The molecule has 0 bridgehead atoms. The standard InChI is InChI=1S/C24H20N6O2.2C21H19F6N3O.C20H24N4O2S.C19H18F2N4OS/c1-30-21(31)24(29-22(30)26,17-8-3-2-4-9-17)18-10-6-12-20(14-18)28-23(32)27-19-11-5-7-16(13-19)15-25;2*1-19(14-10-13(21(25,26)27)8-9-15(14)22)16(17(31)30(3)18(28)29-19)11-4-6-12(7-5-11)20(2,23)24;1-20(15-5-6-16-14(12-15)7-11-27-16)13-18(26)24(19(21)22-20)10-3-9-23-8-2-4-17(23)25;1-18(13-8-14(9-22)27-10-13)15(16(26)25(3)17(23)24-18)11-4-6-12(7-5-11)19(2,20)21/h2-14H,1H3,(H2,26,29)(H2,27,28,32);2*4-10,16H,1-3H3,(H2,28,29);5-7,11-12H,2-4,8-10,13H2,1H3,(H2,21,22);4-8,10,15H,1-3H3,(H2,23,24)/t;16-,19+;16-,19-;20-;15-,18-/m.0101/s1. The third kappa shape index (κ3) is 22.8. The molecule has 0 aliphatic carbocycles. The molecule has 6 aliphatic rings. The van der Waals surface area contributed by atoms with Gasteiger partial charge in [0.15, 0.2) is 35.3 Å². The molecule has 43 heteroatoms. The number of carbonyl (C=O) groups excluding carboxylic acids is 7. The zero-order valence-electron chi connectivity index (χ0n) is 81.3. The Morgan fingerprint density at radius 3 is 1.32 bits per heavy atom. The van der Waals surface area contributed by atoms with Crippen molar-refractivity contribution < 1.29 is 95.0 Å². The van der Waals surface area contributed by atoms with Crippen LogP contribution in [0.5, 0.6) is 0 Å². The predicted molar refractivity (Wildman–Crippen MR) is 533 cm³/mol. The van der Waals surface area contributed by atoms with E-state index in [4.69, 9.17) is 44.2 Å². The summed E-state index contributed by atoms with van der Waals surface area (Å²) < 4.78 is 192. The molecule has 17 rings (SSSR count). The van der Waals surface area contributed by atoms with Gasteiger partial charge in [0, 0.05) is 119 Å². The number of thiophene rings is 2. The monoisotopic (exact) mass is 2080 g/mol. The van der Waals surface area contributed by atoms with Gasteiger partial charge in [0.1, 0.15) is 39.2 Å². The van der Waals surface area contributed by atoms with Crippen LogP contribution >= 0.6 is 22.7 Å². The highest BCUT2D eigenvalue weighted by Crippen LogP contribution is 2.52. The fourth-order valence-electron chi connectivity index (χ4n) is 18.2. The van der Waals surface area contributed by atoms with Crippen molar-refractivity contribution in [2.45, 2.75) is 150 Å². The number of nitriles is 2. The molecule has 27 nitrogen and oxygen atoms in total. The SMILES string of the molecule is CN1C(=O)C(c2ccccc2)(c2cccc(NC(=O)Nc3cccc(C#N)c3)c2)N=C1N.CN1C(=O)[C@@H](c2ccc(C(C)(F)F)cc2)[C@@](C)(c2cc(C(F)(F)F)ccc2F)N=C1N.CN1C(=O)[C@@H](c2ccc(C(C)(F)F)cc2)[C@@](C)(c2csc(C#N)c2)N=C1N.CN1C(=O)[C@H](c2ccc(C(C)(F)F)cc2)[C@@](C)(c2cc(C(F)(F)F)ccc2F)N=C1N.C[C@@]1(c2ccc3sccc3c2)CC(=O)N(CCCN2CCCC2=O)C(N)=N1. The molecule has 9 aromatic carbocycles. The lowest BCUT2D eigenvalue weighted by molar-refractivity contribution is -0.138. The molecule has 0 spiro atoms. The third-order valence-electron chi connectivity index (χ3n) is 26.4. The fourth-order valence-corrected chi connectivity index (χ4v) is 19.7. The lowest BCUT2D eigenvalue weighted by Crippen LogP contribution is -2.52. The molecule has 8 amide bonds. The number of benzene rings is 9. The van der Waals surface area contributed by atoms with E-state index >= 15 is 0 Å². The van der Waals surface area contributed by atoms with Crippen LogP contribution in [0.25, 0.3) is 10.1 Å². The van der Waals surface area contributed by atoms with Crippen molar-refractivity contribution in [3.05, 3.63) is 329 Å². The van der Waals surface area contributed by atoms with Crippen LogP contribution in [-0.2, 0) is 86.6 Å². The maximum absolute atomic E-state index is 14.7. The number of nitrogens with two attached hydrogens (primary N) is 5. The average molecular weight is 2080 g/mol. The summed E-state index contributed by atoms with van der Waals surface area (Å²) in [5, 5.41) is 28.6. The van der Waals surface area contributed by atoms with E-state index in [-0.39, 0.29) is 81.2 Å². The molecule has 11 aromatic rings. The minimum absolute atomic E-state index is 0.0110. The fraction of sp³-hybridized carbons (Fsp3) is 0.295. The number of guanidine groups is 5. The maximum Gasteiger partial charge on any atom is 0.416 e. The number of rotatable bonds is 18. The van der Waals surface area contributed by atoms with Gasteiger partial charge in [-0.05, 0) is 187 Å². The molecule has 8 heterocycles. The first-order valence-corrected chi connectivity index (χ1v) is 47.4. The van der Waals surface area contributed by atoms with Crippen LogP contribution in [0.1, 0.15) is 180 Å². The van der Waals surface area contributed by atoms with Gasteiger partial charge in [0.2, 0.25) is 29.5 Å². The van der Waals surface area contributed by atoms with Crippen molar-refractivity contribution in [3.8, 4) is 12.1 Å². The molecule has 1 saturated heterocycles. The topological polar surface area (TPSA) is 402 Å². The highest BCUT2D eigenvalue weighted by molar-refractivity contribution is 7.17. The van der Waals surface area contributed by atoms with E-state index in [1.54, 1.807) is 90.2 Å². The number of urea groups is 1. The van der Waals surface area contributed by atoms with Gasteiger partial charge in [-0.1, -0.05) is 127 Å². The molecule has 0 radical (unpaired) electrons. The summed E-state index contributed by atoms with van der Waals surface area (Å²) in [6, 6.07) is 55.1. The van der Waals surface area contributed by atoms with E-state index in [1.807, 2.05) is 54.3 Å². The van der Waals surface area contributed by atoms with Crippen molar-refractivity contribution >= 4 is 115 Å². The minimum Gasteiger partial charge on any atom is -0.369 e. The first kappa shape index (κ1) is 109. The van der Waals surface area contributed by atoms with E-state index < -0.39 is 127 Å². The van der Waals surface area contributed by atoms with Gasteiger partial charge in [-0.25, -0.2) is 64.9 Å². The average Bonchev–Trinajstić information content (AvgIpc) is 1.09. The molecule has 12 N–H and O–H groups in total. The Kier molecular flexibility index (Phi) is 31.2. The van der Waals surface area contributed by atoms with Crippen molar-refractivity contribution in [1.29, 1.82) is 10.5 Å². The normalized spacial score (nSPS) is 21.7.